The largest absolute Gasteiger partial charge is 0.460 e. The van der Waals surface area contributed by atoms with Gasteiger partial charge in [-0.05, 0) is 69.4 Å². The number of carbonyl (C=O) groups excluding carboxylic acids is 2. The van der Waals surface area contributed by atoms with Gasteiger partial charge >= 0.3 is 12.1 Å². The van der Waals surface area contributed by atoms with Crippen molar-refractivity contribution in [3.63, 3.8) is 0 Å². The number of ether oxygens (including phenoxy) is 1. The number of alkyl halides is 3. The molecular weight excluding hydrogens is 535 g/mol. The highest BCUT2D eigenvalue weighted by Crippen LogP contribution is 2.37. The molecule has 1 aromatic carbocycles. The molecule has 2 N–H and O–H groups in total. The molecule has 2 heterocycles. The highest BCUT2D eigenvalue weighted by Gasteiger charge is 2.32. The molecule has 1 fully saturated rings. The molecule has 1 aliphatic rings. The Balaban J connectivity index is 1.42. The number of aromatic nitrogens is 3. The fraction of sp³-hybridized carbons (Fsp3) is 0.467. The van der Waals surface area contributed by atoms with Crippen molar-refractivity contribution in [2.75, 3.05) is 11.9 Å². The van der Waals surface area contributed by atoms with Crippen molar-refractivity contribution in [1.29, 1.82) is 0 Å². The Kier molecular flexibility index (Phi) is 9.35. The van der Waals surface area contributed by atoms with E-state index in [0.717, 1.165) is 43.6 Å². The molecule has 0 saturated heterocycles. The molecule has 4 rings (SSSR count). The molecule has 3 aromatic rings. The van der Waals surface area contributed by atoms with Gasteiger partial charge in [-0.2, -0.15) is 18.3 Å². The lowest BCUT2D eigenvalue weighted by molar-refractivity contribution is -0.154. The minimum absolute atomic E-state index is 0.0614. The first-order valence-corrected chi connectivity index (χ1v) is 13.8. The normalized spacial score (nSPS) is 15.3. The van der Waals surface area contributed by atoms with Crippen molar-refractivity contribution < 1.29 is 27.5 Å². The maximum Gasteiger partial charge on any atom is 0.419 e. The van der Waals surface area contributed by atoms with Crippen molar-refractivity contribution >= 4 is 17.7 Å². The van der Waals surface area contributed by atoms with Gasteiger partial charge in [0.1, 0.15) is 11.4 Å². The van der Waals surface area contributed by atoms with Gasteiger partial charge in [-0.1, -0.05) is 31.4 Å². The molecular formula is C30H36F3N5O3. The summed E-state index contributed by atoms with van der Waals surface area (Å²) in [6.45, 7) is 5.52. The van der Waals surface area contributed by atoms with Gasteiger partial charge in [-0.15, -0.1) is 0 Å². The van der Waals surface area contributed by atoms with Gasteiger partial charge < -0.3 is 15.4 Å². The van der Waals surface area contributed by atoms with Crippen LogP contribution in [0.5, 0.6) is 0 Å². The minimum Gasteiger partial charge on any atom is -0.460 e. The second-order valence-electron chi connectivity index (χ2n) is 11.3. The first-order valence-electron chi connectivity index (χ1n) is 13.8. The average Bonchev–Trinajstić information content (AvgIpc) is 3.43. The van der Waals surface area contributed by atoms with Crippen LogP contribution in [0.4, 0.5) is 19.0 Å². The Bertz CT molecular complexity index is 1310. The summed E-state index contributed by atoms with van der Waals surface area (Å²) in [5.41, 5.74) is 0.526. The number of carbonyl (C=O) groups is 2. The predicted octanol–water partition coefficient (Wildman–Crippen LogP) is 6.48. The van der Waals surface area contributed by atoms with Gasteiger partial charge in [-0.25, -0.2) is 9.67 Å². The summed E-state index contributed by atoms with van der Waals surface area (Å²) < 4.78 is 45.5. The van der Waals surface area contributed by atoms with Crippen LogP contribution in [0.1, 0.15) is 86.8 Å². The number of nitrogens with one attached hydrogen (secondary N) is 2. The number of hydrogen-bond donors (Lipinski definition) is 2. The van der Waals surface area contributed by atoms with Gasteiger partial charge in [0.25, 0.3) is 5.91 Å². The summed E-state index contributed by atoms with van der Waals surface area (Å²) in [6, 6.07) is 10.7. The maximum atomic E-state index is 13.0. The molecule has 220 valence electrons. The first kappa shape index (κ1) is 30.1. The summed E-state index contributed by atoms with van der Waals surface area (Å²) in [6.07, 6.45) is 4.45. The zero-order valence-corrected chi connectivity index (χ0v) is 23.5. The molecule has 1 atom stereocenters. The van der Waals surface area contributed by atoms with Gasteiger partial charge in [0.2, 0.25) is 0 Å². The van der Waals surface area contributed by atoms with E-state index in [1.165, 1.54) is 17.3 Å². The number of rotatable bonds is 9. The number of amides is 1. The zero-order valence-electron chi connectivity index (χ0n) is 23.5. The summed E-state index contributed by atoms with van der Waals surface area (Å²) in [4.78, 5) is 28.8. The van der Waals surface area contributed by atoms with Crippen molar-refractivity contribution in [1.82, 2.24) is 20.1 Å². The van der Waals surface area contributed by atoms with Crippen LogP contribution in [0.2, 0.25) is 0 Å². The fourth-order valence-corrected chi connectivity index (χ4v) is 4.93. The fourth-order valence-electron chi connectivity index (χ4n) is 4.93. The third kappa shape index (κ3) is 8.55. The molecule has 11 heteroatoms. The van der Waals surface area contributed by atoms with Crippen LogP contribution in [-0.4, -0.2) is 38.8 Å². The molecule has 0 radical (unpaired) electrons. The van der Waals surface area contributed by atoms with Gasteiger partial charge in [0.05, 0.1) is 35.5 Å². The van der Waals surface area contributed by atoms with Crippen molar-refractivity contribution in [3.8, 4) is 5.69 Å². The SMILES string of the molecule is CC(C)(C)OC(=O)CCNC(=O)c1ccc(NC(c2ccc(-n3cc(C(F)(F)F)cn3)cc2)C2CCCCC2)nc1. The highest BCUT2D eigenvalue weighted by atomic mass is 19.4. The molecule has 41 heavy (non-hydrogen) atoms. The molecule has 1 amide bonds. The Hall–Kier alpha value is -3.89. The van der Waals surface area contributed by atoms with Crippen LogP contribution in [0.3, 0.4) is 0 Å². The Morgan fingerprint density at radius 3 is 2.32 bits per heavy atom. The van der Waals surface area contributed by atoms with Crippen LogP contribution in [-0.2, 0) is 15.7 Å². The van der Waals surface area contributed by atoms with Gasteiger partial charge in [-0.3, -0.25) is 9.59 Å². The number of esters is 1. The lowest BCUT2D eigenvalue weighted by Gasteiger charge is -2.32. The average molecular weight is 572 g/mol. The summed E-state index contributed by atoms with van der Waals surface area (Å²) >= 11 is 0. The lowest BCUT2D eigenvalue weighted by Crippen LogP contribution is -2.29. The molecule has 0 spiro atoms. The van der Waals surface area contributed by atoms with Crippen molar-refractivity contribution in [2.24, 2.45) is 5.92 Å². The van der Waals surface area contributed by atoms with Crippen molar-refractivity contribution in [3.05, 3.63) is 71.7 Å². The second kappa shape index (κ2) is 12.7. The quantitative estimate of drug-likeness (QED) is 0.285. The molecule has 1 unspecified atom stereocenters. The minimum atomic E-state index is -4.45. The highest BCUT2D eigenvalue weighted by molar-refractivity contribution is 5.94. The van der Waals surface area contributed by atoms with Crippen LogP contribution >= 0.6 is 0 Å². The topological polar surface area (TPSA) is 98.1 Å². The molecule has 0 aliphatic heterocycles. The Morgan fingerprint density at radius 1 is 1.02 bits per heavy atom. The molecule has 1 saturated carbocycles. The van der Waals surface area contributed by atoms with Crippen LogP contribution in [0, 0.1) is 5.92 Å². The van der Waals surface area contributed by atoms with Crippen LogP contribution < -0.4 is 10.6 Å². The number of hydrogen-bond acceptors (Lipinski definition) is 6. The van der Waals surface area contributed by atoms with E-state index in [0.29, 0.717) is 23.0 Å². The number of anilines is 1. The smallest absolute Gasteiger partial charge is 0.419 e. The summed E-state index contributed by atoms with van der Waals surface area (Å²) in [7, 11) is 0. The standard InChI is InChI=1S/C30H36F3N5O3/c1-29(2,3)41-26(39)15-16-34-28(40)22-11-14-25(35-17-22)37-27(20-7-5-4-6-8-20)21-9-12-24(13-10-21)38-19-23(18-36-38)30(31,32)33/h9-14,17-20,27H,4-8,15-16H2,1-3H3,(H,34,40)(H,35,37). The summed E-state index contributed by atoms with van der Waals surface area (Å²) in [5, 5.41) is 10.1. The first-order chi connectivity index (χ1) is 19.4. The van der Waals surface area contributed by atoms with E-state index in [-0.39, 0.29) is 30.9 Å². The van der Waals surface area contributed by atoms with E-state index < -0.39 is 17.3 Å². The third-order valence-electron chi connectivity index (χ3n) is 6.91. The maximum absolute atomic E-state index is 13.0. The molecule has 8 nitrogen and oxygen atoms in total. The van der Waals surface area contributed by atoms with Crippen LogP contribution in [0.25, 0.3) is 5.69 Å². The van der Waals surface area contributed by atoms with E-state index in [1.54, 1.807) is 45.0 Å². The molecule has 0 bridgehead atoms. The lowest BCUT2D eigenvalue weighted by atomic mass is 9.81. The molecule has 2 aromatic heterocycles. The number of nitrogens with zero attached hydrogens (tertiary/aromatic N) is 3. The van der Waals surface area contributed by atoms with E-state index >= 15 is 0 Å². The van der Waals surface area contributed by atoms with E-state index in [1.807, 2.05) is 12.1 Å². The second-order valence-corrected chi connectivity index (χ2v) is 11.3. The predicted molar refractivity (Wildman–Crippen MR) is 149 cm³/mol. The summed E-state index contributed by atoms with van der Waals surface area (Å²) in [5.74, 6) is 0.248. The Morgan fingerprint density at radius 2 is 1.73 bits per heavy atom. The number of pyridine rings is 1. The Labute approximate surface area is 237 Å². The van der Waals surface area contributed by atoms with E-state index in [2.05, 4.69) is 20.7 Å². The van der Waals surface area contributed by atoms with Gasteiger partial charge in [0.15, 0.2) is 0 Å². The monoisotopic (exact) mass is 571 g/mol. The van der Waals surface area contributed by atoms with Crippen LogP contribution in [0.15, 0.2) is 55.0 Å². The van der Waals surface area contributed by atoms with Crippen molar-refractivity contribution in [2.45, 2.75) is 77.1 Å². The molecule has 1 aliphatic carbocycles. The van der Waals surface area contributed by atoms with Gasteiger partial charge in [0, 0.05) is 18.9 Å². The van der Waals surface area contributed by atoms with E-state index in [9.17, 15) is 22.8 Å². The third-order valence-corrected chi connectivity index (χ3v) is 6.91. The van der Waals surface area contributed by atoms with E-state index in [4.69, 9.17) is 4.74 Å². The zero-order chi connectivity index (χ0) is 29.6. The number of halogens is 3. The number of benzene rings is 1.